The molecule has 1 aromatic carbocycles. The van der Waals surface area contributed by atoms with Crippen LogP contribution < -0.4 is 18.9 Å². The van der Waals surface area contributed by atoms with E-state index in [0.717, 1.165) is 19.2 Å². The molecule has 12 nitrogen and oxygen atoms in total. The third-order valence-corrected chi connectivity index (χ3v) is 7.34. The standard InChI is InChI=1S/C27H36ClF3N4O8S/c1-19(2)40-12-7-33-44(37,38)34-26(36)42-11-3-4-20-5-6-22(41-15-10-35-8-13-39-14-9-35)17-24(20)43-25-23(28)16-21(18-32-25)27(29,30)31/h5-6,16-19,33H,3-4,7-15H2,1-2H3,(H,34,36). The second-order valence-electron chi connectivity index (χ2n) is 9.84. The van der Waals surface area contributed by atoms with E-state index in [-0.39, 0.29) is 55.4 Å². The summed E-state index contributed by atoms with van der Waals surface area (Å²) in [4.78, 5) is 17.9. The Morgan fingerprint density at radius 1 is 1.16 bits per heavy atom. The number of carbonyl (C=O) groups excluding carboxylic acids is 1. The number of amides is 1. The molecule has 1 saturated heterocycles. The smallest absolute Gasteiger partial charge is 0.421 e. The molecule has 44 heavy (non-hydrogen) atoms. The fourth-order valence-corrected chi connectivity index (χ4v) is 4.78. The van der Waals surface area contributed by atoms with Crippen molar-refractivity contribution in [2.45, 2.75) is 39.0 Å². The number of carbonyl (C=O) groups is 1. The number of ether oxygens (including phenoxy) is 5. The van der Waals surface area contributed by atoms with Crippen LogP contribution in [0.1, 0.15) is 31.4 Å². The van der Waals surface area contributed by atoms with Gasteiger partial charge in [-0.15, -0.1) is 0 Å². The molecule has 1 aromatic heterocycles. The van der Waals surface area contributed by atoms with Crippen LogP contribution in [-0.4, -0.2) is 89.7 Å². The monoisotopic (exact) mass is 668 g/mol. The Kier molecular flexibility index (Phi) is 13.7. The summed E-state index contributed by atoms with van der Waals surface area (Å²) in [5.41, 5.74) is -0.432. The molecule has 1 aliphatic heterocycles. The summed E-state index contributed by atoms with van der Waals surface area (Å²) >= 11 is 6.06. The Bertz CT molecular complexity index is 1330. The van der Waals surface area contributed by atoms with Crippen molar-refractivity contribution in [3.05, 3.63) is 46.6 Å². The van der Waals surface area contributed by atoms with E-state index in [1.165, 1.54) is 0 Å². The predicted octanol–water partition coefficient (Wildman–Crippen LogP) is 4.18. The Labute approximate surface area is 259 Å². The molecule has 0 saturated carbocycles. The first-order valence-corrected chi connectivity index (χ1v) is 15.7. The number of nitrogens with one attached hydrogen (secondary N) is 2. The molecule has 2 heterocycles. The average Bonchev–Trinajstić information content (AvgIpc) is 2.95. The molecule has 1 amide bonds. The molecule has 0 spiro atoms. The Balaban J connectivity index is 1.60. The molecule has 2 aromatic rings. The molecular formula is C27H36ClF3N4O8S. The van der Waals surface area contributed by atoms with Gasteiger partial charge in [0.05, 0.1) is 38.1 Å². The second kappa shape index (κ2) is 17.0. The zero-order valence-corrected chi connectivity index (χ0v) is 25.9. The van der Waals surface area contributed by atoms with Crippen molar-refractivity contribution in [2.24, 2.45) is 0 Å². The summed E-state index contributed by atoms with van der Waals surface area (Å²) in [6, 6.07) is 5.70. The summed E-state index contributed by atoms with van der Waals surface area (Å²) in [5, 5.41) is -0.338. The molecule has 0 aliphatic carbocycles. The Hall–Kier alpha value is -2.89. The highest BCUT2D eigenvalue weighted by molar-refractivity contribution is 7.88. The van der Waals surface area contributed by atoms with Gasteiger partial charge < -0.3 is 23.7 Å². The third-order valence-electron chi connectivity index (χ3n) is 6.05. The zero-order valence-electron chi connectivity index (χ0n) is 24.3. The maximum absolute atomic E-state index is 13.1. The number of benzene rings is 1. The van der Waals surface area contributed by atoms with Crippen LogP contribution in [0.15, 0.2) is 30.5 Å². The minimum Gasteiger partial charge on any atom is -0.492 e. The fourth-order valence-electron chi connectivity index (χ4n) is 3.88. The maximum Gasteiger partial charge on any atom is 0.421 e. The number of halogens is 4. The number of rotatable bonds is 16. The minimum absolute atomic E-state index is 0.0334. The van der Waals surface area contributed by atoms with E-state index in [1.807, 2.05) is 0 Å². The highest BCUT2D eigenvalue weighted by atomic mass is 35.5. The van der Waals surface area contributed by atoms with Gasteiger partial charge in [-0.2, -0.15) is 26.3 Å². The number of alkyl halides is 3. The van der Waals surface area contributed by atoms with Gasteiger partial charge in [0, 0.05) is 38.4 Å². The van der Waals surface area contributed by atoms with Gasteiger partial charge in [-0.3, -0.25) is 4.90 Å². The van der Waals surface area contributed by atoms with E-state index in [4.69, 9.17) is 35.3 Å². The van der Waals surface area contributed by atoms with E-state index < -0.39 is 28.0 Å². The average molecular weight is 669 g/mol. The van der Waals surface area contributed by atoms with Gasteiger partial charge in [-0.1, -0.05) is 17.7 Å². The number of aryl methyl sites for hydroxylation is 1. The van der Waals surface area contributed by atoms with E-state index >= 15 is 0 Å². The lowest BCUT2D eigenvalue weighted by atomic mass is 10.1. The van der Waals surface area contributed by atoms with Crippen molar-refractivity contribution in [3.63, 3.8) is 0 Å². The van der Waals surface area contributed by atoms with Crippen LogP contribution >= 0.6 is 11.6 Å². The zero-order chi connectivity index (χ0) is 32.2. The van der Waals surface area contributed by atoms with Gasteiger partial charge in [0.2, 0.25) is 5.88 Å². The van der Waals surface area contributed by atoms with Crippen molar-refractivity contribution in [1.29, 1.82) is 0 Å². The molecule has 0 radical (unpaired) electrons. The molecular weight excluding hydrogens is 633 g/mol. The normalized spacial score (nSPS) is 14.4. The quantitative estimate of drug-likeness (QED) is 0.251. The summed E-state index contributed by atoms with van der Waals surface area (Å²) < 4.78 is 94.3. The minimum atomic E-state index is -4.63. The third kappa shape index (κ3) is 12.6. The van der Waals surface area contributed by atoms with Gasteiger partial charge in [-0.25, -0.2) is 14.5 Å². The Morgan fingerprint density at radius 2 is 1.91 bits per heavy atom. The number of hydrogen-bond acceptors (Lipinski definition) is 10. The van der Waals surface area contributed by atoms with Gasteiger partial charge in [0.15, 0.2) is 0 Å². The van der Waals surface area contributed by atoms with Crippen LogP contribution in [0.2, 0.25) is 5.02 Å². The van der Waals surface area contributed by atoms with Gasteiger partial charge in [0.25, 0.3) is 0 Å². The van der Waals surface area contributed by atoms with Crippen molar-refractivity contribution in [3.8, 4) is 17.4 Å². The lowest BCUT2D eigenvalue weighted by Crippen LogP contribution is -2.42. The van der Waals surface area contributed by atoms with Gasteiger partial charge >= 0.3 is 22.5 Å². The van der Waals surface area contributed by atoms with E-state index in [9.17, 15) is 26.4 Å². The molecule has 0 bridgehead atoms. The SMILES string of the molecule is CC(C)OCCNS(=O)(=O)NC(=O)OCCCc1ccc(OCCN2CCOCC2)cc1Oc1ncc(C(F)(F)F)cc1Cl. The molecule has 0 unspecified atom stereocenters. The first-order valence-electron chi connectivity index (χ1n) is 13.8. The van der Waals surface area contributed by atoms with Crippen molar-refractivity contribution < 1.29 is 50.1 Å². The number of morpholine rings is 1. The topological polar surface area (TPSA) is 138 Å². The summed E-state index contributed by atoms with van der Waals surface area (Å²) in [7, 11) is -4.13. The van der Waals surface area contributed by atoms with Crippen LogP contribution in [0.4, 0.5) is 18.0 Å². The molecule has 0 atom stereocenters. The highest BCUT2D eigenvalue weighted by Gasteiger charge is 2.32. The van der Waals surface area contributed by atoms with Crippen molar-refractivity contribution >= 4 is 27.9 Å². The van der Waals surface area contributed by atoms with Crippen LogP contribution in [0.25, 0.3) is 0 Å². The van der Waals surface area contributed by atoms with Gasteiger partial charge in [0.1, 0.15) is 23.1 Å². The highest BCUT2D eigenvalue weighted by Crippen LogP contribution is 2.36. The molecule has 2 N–H and O–H groups in total. The number of aromatic nitrogens is 1. The maximum atomic E-state index is 13.1. The summed E-state index contributed by atoms with van der Waals surface area (Å²) in [5.74, 6) is 0.438. The van der Waals surface area contributed by atoms with Crippen LogP contribution in [-0.2, 0) is 37.0 Å². The first kappa shape index (κ1) is 35.6. The molecule has 3 rings (SSSR count). The van der Waals surface area contributed by atoms with Crippen LogP contribution in [0.5, 0.6) is 17.4 Å². The molecule has 17 heteroatoms. The van der Waals surface area contributed by atoms with E-state index in [2.05, 4.69) is 14.6 Å². The van der Waals surface area contributed by atoms with Crippen molar-refractivity contribution in [1.82, 2.24) is 19.3 Å². The van der Waals surface area contributed by atoms with E-state index in [1.54, 1.807) is 36.8 Å². The number of pyridine rings is 1. The largest absolute Gasteiger partial charge is 0.492 e. The fraction of sp³-hybridized carbons (Fsp3) is 0.556. The molecule has 246 valence electrons. The number of nitrogens with zero attached hydrogens (tertiary/aromatic N) is 2. The molecule has 1 fully saturated rings. The van der Waals surface area contributed by atoms with Crippen LogP contribution in [0, 0.1) is 0 Å². The first-order chi connectivity index (χ1) is 20.8. The summed E-state index contributed by atoms with van der Waals surface area (Å²) in [6.07, 6.45) is -4.70. The predicted molar refractivity (Wildman–Crippen MR) is 154 cm³/mol. The lowest BCUT2D eigenvalue weighted by Gasteiger charge is -2.26. The molecule has 1 aliphatic rings. The lowest BCUT2D eigenvalue weighted by molar-refractivity contribution is -0.137. The number of hydrogen-bond donors (Lipinski definition) is 2. The summed E-state index contributed by atoms with van der Waals surface area (Å²) in [6.45, 7) is 7.50. The van der Waals surface area contributed by atoms with Crippen LogP contribution in [0.3, 0.4) is 0 Å². The second-order valence-corrected chi connectivity index (χ2v) is 11.7. The van der Waals surface area contributed by atoms with Gasteiger partial charge in [-0.05, 0) is 44.4 Å². The Morgan fingerprint density at radius 3 is 2.59 bits per heavy atom. The van der Waals surface area contributed by atoms with E-state index in [0.29, 0.717) is 43.9 Å². The van der Waals surface area contributed by atoms with Crippen molar-refractivity contribution in [2.75, 3.05) is 59.2 Å².